The molecule has 0 saturated carbocycles. The first-order valence-electron chi connectivity index (χ1n) is 10.5. The van der Waals surface area contributed by atoms with E-state index in [1.165, 1.54) is 7.11 Å². The fourth-order valence-corrected chi connectivity index (χ4v) is 3.86. The van der Waals surface area contributed by atoms with Crippen molar-refractivity contribution in [1.82, 2.24) is 10.0 Å². The summed E-state index contributed by atoms with van der Waals surface area (Å²) < 4.78 is 29.9. The van der Waals surface area contributed by atoms with E-state index in [0.29, 0.717) is 12.3 Å². The average molecular weight is 505 g/mol. The minimum atomic E-state index is -3.67. The molecule has 0 heterocycles. The zero-order chi connectivity index (χ0) is 23.8. The van der Waals surface area contributed by atoms with Gasteiger partial charge in [-0.3, -0.25) is 4.79 Å². The highest BCUT2D eigenvalue weighted by Gasteiger charge is 2.16. The highest BCUT2D eigenvalue weighted by Crippen LogP contribution is 2.28. The number of aliphatic hydroxyl groups is 1. The first kappa shape index (κ1) is 27.3. The van der Waals surface area contributed by atoms with Gasteiger partial charge < -0.3 is 15.2 Å². The summed E-state index contributed by atoms with van der Waals surface area (Å²) in [6, 6.07) is 22.6. The lowest BCUT2D eigenvalue weighted by molar-refractivity contribution is 0.0978. The Morgan fingerprint density at radius 2 is 1.65 bits per heavy atom. The lowest BCUT2D eigenvalue weighted by Crippen LogP contribution is -2.29. The quantitative estimate of drug-likeness (QED) is 0.366. The van der Waals surface area contributed by atoms with Gasteiger partial charge in [0.15, 0.2) is 0 Å². The van der Waals surface area contributed by atoms with E-state index in [0.717, 1.165) is 41.5 Å². The van der Waals surface area contributed by atoms with E-state index in [4.69, 9.17) is 4.74 Å². The fraction of sp³-hybridized carbons (Fsp3) is 0.240. The average Bonchev–Trinajstić information content (AvgIpc) is 2.81. The van der Waals surface area contributed by atoms with Gasteiger partial charge in [-0.15, -0.1) is 12.4 Å². The van der Waals surface area contributed by atoms with Gasteiger partial charge in [-0.25, -0.2) is 13.1 Å². The van der Waals surface area contributed by atoms with Crippen LogP contribution < -0.4 is 14.8 Å². The van der Waals surface area contributed by atoms with Gasteiger partial charge in [-0.2, -0.15) is 0 Å². The van der Waals surface area contributed by atoms with E-state index in [1.807, 2.05) is 59.3 Å². The van der Waals surface area contributed by atoms with E-state index in [-0.39, 0.29) is 18.0 Å². The Morgan fingerprint density at radius 3 is 2.26 bits per heavy atom. The van der Waals surface area contributed by atoms with E-state index in [9.17, 15) is 18.3 Å². The zero-order valence-corrected chi connectivity index (χ0v) is 20.7. The van der Waals surface area contributed by atoms with Gasteiger partial charge in [0.1, 0.15) is 5.75 Å². The van der Waals surface area contributed by atoms with E-state index in [2.05, 4.69) is 5.32 Å². The SMILES string of the molecule is COc1cc(-c2ccc(CCNC[C@@H](O)c3ccccc3)cc2)ccc1C(=O)NS(C)(=O)=O.Cl. The van der Waals surface area contributed by atoms with Gasteiger partial charge in [0.2, 0.25) is 10.0 Å². The van der Waals surface area contributed by atoms with Crippen molar-refractivity contribution in [2.45, 2.75) is 12.5 Å². The van der Waals surface area contributed by atoms with Crippen molar-refractivity contribution >= 4 is 28.3 Å². The van der Waals surface area contributed by atoms with E-state index >= 15 is 0 Å². The molecule has 0 bridgehead atoms. The Labute approximate surface area is 206 Å². The van der Waals surface area contributed by atoms with Crippen molar-refractivity contribution in [2.75, 3.05) is 26.5 Å². The summed E-state index contributed by atoms with van der Waals surface area (Å²) in [6.45, 7) is 1.22. The van der Waals surface area contributed by atoms with Crippen molar-refractivity contribution in [2.24, 2.45) is 0 Å². The Bertz CT molecular complexity index is 1190. The molecule has 0 aliphatic heterocycles. The number of carbonyl (C=O) groups excluding carboxylic acids is 1. The molecule has 0 aromatic heterocycles. The van der Waals surface area contributed by atoms with Crippen LogP contribution in [0.3, 0.4) is 0 Å². The number of hydrogen-bond donors (Lipinski definition) is 3. The van der Waals surface area contributed by atoms with Crippen LogP contribution in [0.15, 0.2) is 72.8 Å². The van der Waals surface area contributed by atoms with Gasteiger partial charge in [0, 0.05) is 6.54 Å². The first-order chi connectivity index (χ1) is 15.8. The largest absolute Gasteiger partial charge is 0.496 e. The third kappa shape index (κ3) is 7.85. The zero-order valence-electron chi connectivity index (χ0n) is 19.0. The standard InChI is InChI=1S/C25H28N2O5S.ClH/c1-32-24-16-21(12-13-22(24)25(29)27-33(2,30)31)19-10-8-18(9-11-19)14-15-26-17-23(28)20-6-4-3-5-7-20;/h3-13,16,23,26,28H,14-15,17H2,1-2H3,(H,27,29);1H/t23-;/m1./s1. The number of amides is 1. The number of methoxy groups -OCH3 is 1. The molecule has 0 spiro atoms. The number of hydrogen-bond acceptors (Lipinski definition) is 6. The van der Waals surface area contributed by atoms with Crippen molar-refractivity contribution in [1.29, 1.82) is 0 Å². The van der Waals surface area contributed by atoms with Crippen LogP contribution in [0, 0.1) is 0 Å². The molecule has 9 heteroatoms. The van der Waals surface area contributed by atoms with Gasteiger partial charge >= 0.3 is 0 Å². The predicted molar refractivity (Wildman–Crippen MR) is 136 cm³/mol. The summed E-state index contributed by atoms with van der Waals surface area (Å²) in [4.78, 5) is 12.2. The monoisotopic (exact) mass is 504 g/mol. The number of rotatable bonds is 10. The van der Waals surface area contributed by atoms with Crippen LogP contribution in [0.2, 0.25) is 0 Å². The third-order valence-electron chi connectivity index (χ3n) is 5.12. The maximum atomic E-state index is 12.2. The molecule has 0 aliphatic rings. The van der Waals surface area contributed by atoms with Crippen LogP contribution in [-0.2, 0) is 16.4 Å². The molecule has 182 valence electrons. The number of carbonyl (C=O) groups is 1. The lowest BCUT2D eigenvalue weighted by atomic mass is 10.0. The molecule has 3 aromatic rings. The minimum Gasteiger partial charge on any atom is -0.496 e. The molecule has 0 unspecified atom stereocenters. The lowest BCUT2D eigenvalue weighted by Gasteiger charge is -2.13. The number of sulfonamides is 1. The maximum absolute atomic E-state index is 12.2. The molecule has 3 rings (SSSR count). The Balaban J connectivity index is 0.00000408. The van der Waals surface area contributed by atoms with Gasteiger partial charge in [-0.1, -0.05) is 60.7 Å². The molecule has 3 N–H and O–H groups in total. The van der Waals surface area contributed by atoms with E-state index in [1.54, 1.807) is 18.2 Å². The molecule has 0 fully saturated rings. The van der Waals surface area contributed by atoms with Crippen molar-refractivity contribution in [3.05, 3.63) is 89.5 Å². The molecule has 7 nitrogen and oxygen atoms in total. The second-order valence-corrected chi connectivity index (χ2v) is 9.44. The second-order valence-electron chi connectivity index (χ2n) is 7.70. The second kappa shape index (κ2) is 12.5. The first-order valence-corrected chi connectivity index (χ1v) is 12.4. The van der Waals surface area contributed by atoms with Crippen LogP contribution >= 0.6 is 12.4 Å². The summed E-state index contributed by atoms with van der Waals surface area (Å²) in [5.74, 6) is -0.444. The van der Waals surface area contributed by atoms with Crippen LogP contribution in [-0.4, -0.2) is 45.9 Å². The van der Waals surface area contributed by atoms with Crippen LogP contribution in [0.25, 0.3) is 11.1 Å². The smallest absolute Gasteiger partial charge is 0.268 e. The van der Waals surface area contributed by atoms with Crippen LogP contribution in [0.5, 0.6) is 5.75 Å². The van der Waals surface area contributed by atoms with Crippen LogP contribution in [0.4, 0.5) is 0 Å². The third-order valence-corrected chi connectivity index (χ3v) is 5.68. The molecule has 1 atom stereocenters. The predicted octanol–water partition coefficient (Wildman–Crippen LogP) is 3.34. The van der Waals surface area contributed by atoms with Crippen molar-refractivity contribution < 1.29 is 23.1 Å². The van der Waals surface area contributed by atoms with Gasteiger partial charge in [0.05, 0.1) is 25.0 Å². The summed E-state index contributed by atoms with van der Waals surface area (Å²) in [5.41, 5.74) is 3.98. The number of ether oxygens (including phenoxy) is 1. The highest BCUT2D eigenvalue weighted by molar-refractivity contribution is 7.89. The van der Waals surface area contributed by atoms with Gasteiger partial charge in [-0.05, 0) is 47.4 Å². The minimum absolute atomic E-state index is 0. The summed E-state index contributed by atoms with van der Waals surface area (Å²) in [6.07, 6.45) is 1.20. The number of halogens is 1. The molecular formula is C25H29ClN2O5S. The normalized spacial score (nSPS) is 11.9. The molecule has 3 aromatic carbocycles. The molecule has 34 heavy (non-hydrogen) atoms. The molecule has 1 amide bonds. The maximum Gasteiger partial charge on any atom is 0.268 e. The summed E-state index contributed by atoms with van der Waals surface area (Å²) in [5, 5.41) is 13.5. The molecule has 0 saturated heterocycles. The van der Waals surface area contributed by atoms with Crippen molar-refractivity contribution in [3.8, 4) is 16.9 Å². The number of aliphatic hydroxyl groups excluding tert-OH is 1. The highest BCUT2D eigenvalue weighted by atomic mass is 35.5. The summed E-state index contributed by atoms with van der Waals surface area (Å²) >= 11 is 0. The topological polar surface area (TPSA) is 105 Å². The molecule has 0 aliphatic carbocycles. The molecular weight excluding hydrogens is 476 g/mol. The van der Waals surface area contributed by atoms with Gasteiger partial charge in [0.25, 0.3) is 5.91 Å². The number of benzene rings is 3. The fourth-order valence-electron chi connectivity index (χ4n) is 3.41. The number of nitrogens with one attached hydrogen (secondary N) is 2. The Morgan fingerprint density at radius 1 is 1.00 bits per heavy atom. The van der Waals surface area contributed by atoms with Crippen molar-refractivity contribution in [3.63, 3.8) is 0 Å². The summed E-state index contributed by atoms with van der Waals surface area (Å²) in [7, 11) is -2.23. The molecule has 0 radical (unpaired) electrons. The van der Waals surface area contributed by atoms with Crippen LogP contribution in [0.1, 0.15) is 27.6 Å². The Kier molecular flexibility index (Phi) is 10.1. The Hall–Kier alpha value is -2.91. The van der Waals surface area contributed by atoms with E-state index < -0.39 is 22.0 Å².